The zero-order valence-corrected chi connectivity index (χ0v) is 16.2. The highest BCUT2D eigenvalue weighted by Gasteiger charge is 2.10. The maximum absolute atomic E-state index is 12.2. The molecule has 2 aromatic rings. The van der Waals surface area contributed by atoms with Crippen LogP contribution >= 0.6 is 0 Å². The van der Waals surface area contributed by atoms with E-state index in [1.54, 1.807) is 6.20 Å². The molecule has 1 aromatic heterocycles. The Kier molecular flexibility index (Phi) is 6.58. The number of benzene rings is 1. The van der Waals surface area contributed by atoms with Gasteiger partial charge in [0, 0.05) is 12.2 Å². The van der Waals surface area contributed by atoms with E-state index in [9.17, 15) is 4.79 Å². The molecule has 2 N–H and O–H groups in total. The average Bonchev–Trinajstić information content (AvgIpc) is 2.69. The molecule has 142 valence electrons. The number of hydrogen-bond acceptors (Lipinski definition) is 4. The van der Waals surface area contributed by atoms with Crippen molar-refractivity contribution in [1.29, 1.82) is 0 Å². The molecule has 0 spiro atoms. The molecule has 5 heteroatoms. The first-order valence-electron chi connectivity index (χ1n) is 9.77. The van der Waals surface area contributed by atoms with Gasteiger partial charge in [0.25, 0.3) is 5.91 Å². The van der Waals surface area contributed by atoms with Gasteiger partial charge in [0.1, 0.15) is 11.5 Å². The topological polar surface area (TPSA) is 66.9 Å². The molecule has 0 aliphatic heterocycles. The lowest BCUT2D eigenvalue weighted by Crippen LogP contribution is -2.26. The van der Waals surface area contributed by atoms with Crippen molar-refractivity contribution in [2.45, 2.75) is 51.9 Å². The highest BCUT2D eigenvalue weighted by atomic mass is 16.1. The molecule has 0 fully saturated rings. The van der Waals surface area contributed by atoms with Gasteiger partial charge in [-0.15, -0.1) is 0 Å². The van der Waals surface area contributed by atoms with Gasteiger partial charge in [0.15, 0.2) is 0 Å². The van der Waals surface area contributed by atoms with Gasteiger partial charge in [0.05, 0.1) is 12.4 Å². The summed E-state index contributed by atoms with van der Waals surface area (Å²) >= 11 is 0. The third-order valence-corrected chi connectivity index (χ3v) is 4.85. The Morgan fingerprint density at radius 2 is 2.00 bits per heavy atom. The fraction of sp³-hybridized carbons (Fsp3) is 0.409. The minimum Gasteiger partial charge on any atom is -0.350 e. The Bertz CT molecular complexity index is 796. The summed E-state index contributed by atoms with van der Waals surface area (Å²) in [5, 5.41) is 6.23. The summed E-state index contributed by atoms with van der Waals surface area (Å²) < 4.78 is 0. The summed E-state index contributed by atoms with van der Waals surface area (Å²) in [5.74, 6) is 0.867. The van der Waals surface area contributed by atoms with Crippen LogP contribution in [0.1, 0.15) is 67.9 Å². The summed E-state index contributed by atoms with van der Waals surface area (Å²) in [4.78, 5) is 20.9. The molecule has 1 amide bonds. The number of carbonyl (C=O) groups is 1. The van der Waals surface area contributed by atoms with E-state index in [1.165, 1.54) is 36.6 Å². The second kappa shape index (κ2) is 9.31. The first-order valence-corrected chi connectivity index (χ1v) is 9.77. The number of rotatable bonds is 7. The SMILES string of the molecule is CC(C)c1ccccc1Nc1cnc(C(=O)NCCC2=CCCCC2)cn1. The number of hydrogen-bond donors (Lipinski definition) is 2. The minimum absolute atomic E-state index is 0.173. The molecule has 27 heavy (non-hydrogen) atoms. The van der Waals surface area contributed by atoms with Gasteiger partial charge in [-0.2, -0.15) is 0 Å². The number of para-hydroxylation sites is 1. The smallest absolute Gasteiger partial charge is 0.271 e. The molecular weight excluding hydrogens is 336 g/mol. The van der Waals surface area contributed by atoms with Crippen LogP contribution in [0.5, 0.6) is 0 Å². The molecule has 1 aliphatic rings. The van der Waals surface area contributed by atoms with Crippen molar-refractivity contribution in [1.82, 2.24) is 15.3 Å². The van der Waals surface area contributed by atoms with Crippen molar-refractivity contribution in [2.75, 3.05) is 11.9 Å². The fourth-order valence-corrected chi connectivity index (χ4v) is 3.32. The van der Waals surface area contributed by atoms with Crippen LogP contribution in [-0.2, 0) is 0 Å². The van der Waals surface area contributed by atoms with Crippen LogP contribution in [0.2, 0.25) is 0 Å². The maximum Gasteiger partial charge on any atom is 0.271 e. The number of carbonyl (C=O) groups excluding carboxylic acids is 1. The summed E-state index contributed by atoms with van der Waals surface area (Å²) in [5.41, 5.74) is 4.03. The van der Waals surface area contributed by atoms with Crippen LogP contribution in [0.25, 0.3) is 0 Å². The lowest BCUT2D eigenvalue weighted by atomic mass is 9.97. The number of allylic oxidation sites excluding steroid dienone is 1. The van der Waals surface area contributed by atoms with Crippen molar-refractivity contribution in [3.05, 3.63) is 59.6 Å². The zero-order chi connectivity index (χ0) is 19.1. The predicted molar refractivity (Wildman–Crippen MR) is 109 cm³/mol. The number of amides is 1. The lowest BCUT2D eigenvalue weighted by molar-refractivity contribution is 0.0948. The van der Waals surface area contributed by atoms with Crippen LogP contribution in [0, 0.1) is 0 Å². The Morgan fingerprint density at radius 3 is 2.70 bits per heavy atom. The molecule has 3 rings (SSSR count). The van der Waals surface area contributed by atoms with Gasteiger partial charge in [-0.05, 0) is 49.7 Å². The van der Waals surface area contributed by atoms with E-state index in [-0.39, 0.29) is 5.91 Å². The van der Waals surface area contributed by atoms with Gasteiger partial charge in [0.2, 0.25) is 0 Å². The first kappa shape index (κ1) is 19.1. The zero-order valence-electron chi connectivity index (χ0n) is 16.2. The molecular formula is C22H28N4O. The molecule has 5 nitrogen and oxygen atoms in total. The van der Waals surface area contributed by atoms with Crippen molar-refractivity contribution in [3.63, 3.8) is 0 Å². The second-order valence-corrected chi connectivity index (χ2v) is 7.27. The van der Waals surface area contributed by atoms with Gasteiger partial charge in [-0.1, -0.05) is 43.7 Å². The number of anilines is 2. The van der Waals surface area contributed by atoms with E-state index in [0.29, 0.717) is 24.0 Å². The number of nitrogens with one attached hydrogen (secondary N) is 2. The molecule has 1 aliphatic carbocycles. The maximum atomic E-state index is 12.2. The Hall–Kier alpha value is -2.69. The van der Waals surface area contributed by atoms with Gasteiger partial charge >= 0.3 is 0 Å². The molecule has 1 aromatic carbocycles. The van der Waals surface area contributed by atoms with Crippen molar-refractivity contribution in [2.24, 2.45) is 0 Å². The van der Waals surface area contributed by atoms with Crippen molar-refractivity contribution >= 4 is 17.4 Å². The van der Waals surface area contributed by atoms with Crippen LogP contribution in [0.15, 0.2) is 48.3 Å². The Morgan fingerprint density at radius 1 is 1.15 bits per heavy atom. The number of nitrogens with zero attached hydrogens (tertiary/aromatic N) is 2. The largest absolute Gasteiger partial charge is 0.350 e. The van der Waals surface area contributed by atoms with Crippen LogP contribution < -0.4 is 10.6 Å². The molecule has 0 bridgehead atoms. The van der Waals surface area contributed by atoms with Gasteiger partial charge in [-0.25, -0.2) is 9.97 Å². The standard InChI is InChI=1S/C22H28N4O/c1-16(2)18-10-6-7-11-19(18)26-21-15-24-20(14-25-21)22(27)23-13-12-17-8-4-3-5-9-17/h6-8,10-11,14-16H,3-5,9,12-13H2,1-2H3,(H,23,27)(H,25,26). The summed E-state index contributed by atoms with van der Waals surface area (Å²) in [6, 6.07) is 8.15. The summed E-state index contributed by atoms with van der Waals surface area (Å²) in [7, 11) is 0. The highest BCUT2D eigenvalue weighted by molar-refractivity contribution is 5.92. The molecule has 0 unspecified atom stereocenters. The van der Waals surface area contributed by atoms with Crippen LogP contribution in [0.4, 0.5) is 11.5 Å². The average molecular weight is 364 g/mol. The monoisotopic (exact) mass is 364 g/mol. The minimum atomic E-state index is -0.173. The van der Waals surface area contributed by atoms with E-state index in [4.69, 9.17) is 0 Å². The first-order chi connectivity index (χ1) is 13.1. The lowest BCUT2D eigenvalue weighted by Gasteiger charge is -2.14. The number of aromatic nitrogens is 2. The third-order valence-electron chi connectivity index (χ3n) is 4.85. The van der Waals surface area contributed by atoms with Gasteiger partial charge < -0.3 is 10.6 Å². The van der Waals surface area contributed by atoms with Gasteiger partial charge in [-0.3, -0.25) is 4.79 Å². The normalized spacial score (nSPS) is 14.0. The van der Waals surface area contributed by atoms with E-state index >= 15 is 0 Å². The summed E-state index contributed by atoms with van der Waals surface area (Å²) in [6.45, 7) is 4.96. The van der Waals surface area contributed by atoms with Crippen LogP contribution in [-0.4, -0.2) is 22.4 Å². The second-order valence-electron chi connectivity index (χ2n) is 7.27. The fourth-order valence-electron chi connectivity index (χ4n) is 3.32. The van der Waals surface area contributed by atoms with Crippen LogP contribution in [0.3, 0.4) is 0 Å². The quantitative estimate of drug-likeness (QED) is 0.681. The molecule has 0 saturated carbocycles. The Balaban J connectivity index is 1.55. The van der Waals surface area contributed by atoms with E-state index in [0.717, 1.165) is 18.5 Å². The molecule has 0 saturated heterocycles. The highest BCUT2D eigenvalue weighted by Crippen LogP contribution is 2.25. The van der Waals surface area contributed by atoms with E-state index in [1.807, 2.05) is 18.2 Å². The Labute approximate surface area is 161 Å². The molecule has 1 heterocycles. The van der Waals surface area contributed by atoms with Crippen molar-refractivity contribution < 1.29 is 4.79 Å². The van der Waals surface area contributed by atoms with E-state index < -0.39 is 0 Å². The predicted octanol–water partition coefficient (Wildman–Crippen LogP) is 4.96. The van der Waals surface area contributed by atoms with Crippen molar-refractivity contribution in [3.8, 4) is 0 Å². The molecule has 0 radical (unpaired) electrons. The van der Waals surface area contributed by atoms with E-state index in [2.05, 4.69) is 46.6 Å². The summed E-state index contributed by atoms with van der Waals surface area (Å²) in [6.07, 6.45) is 11.2. The molecule has 0 atom stereocenters. The third kappa shape index (κ3) is 5.39.